The Morgan fingerprint density at radius 3 is 2.64 bits per heavy atom. The van der Waals surface area contributed by atoms with Gasteiger partial charge in [0, 0.05) is 13.5 Å². The number of hydrogen-bond donors (Lipinski definition) is 3. The van der Waals surface area contributed by atoms with E-state index in [0.29, 0.717) is 5.89 Å². The van der Waals surface area contributed by atoms with Crippen LogP contribution in [0.5, 0.6) is 0 Å². The number of hydrogen-bond acceptors (Lipinski definition) is 5. The lowest BCUT2D eigenvalue weighted by molar-refractivity contribution is 0.164. The number of aromatic nitrogens is 2. The van der Waals surface area contributed by atoms with Gasteiger partial charge in [0.15, 0.2) is 5.82 Å². The van der Waals surface area contributed by atoms with Crippen molar-refractivity contribution in [2.24, 2.45) is 0 Å². The van der Waals surface area contributed by atoms with Crippen LogP contribution in [0.3, 0.4) is 0 Å². The first-order chi connectivity index (χ1) is 10.5. The van der Waals surface area contributed by atoms with Gasteiger partial charge < -0.3 is 20.3 Å². The molecule has 0 fully saturated rings. The summed E-state index contributed by atoms with van der Waals surface area (Å²) in [6.45, 7) is 1.28. The number of aliphatic hydroxyl groups is 1. The summed E-state index contributed by atoms with van der Waals surface area (Å²) in [6.07, 6.45) is -1.50. The summed E-state index contributed by atoms with van der Waals surface area (Å²) < 4.78 is 31.6. The Labute approximate surface area is 124 Å². The molecule has 2 aromatic rings. The molecular weight excluding hydrogens is 298 g/mol. The van der Waals surface area contributed by atoms with Gasteiger partial charge >= 0.3 is 6.03 Å². The molecule has 118 valence electrons. The van der Waals surface area contributed by atoms with Gasteiger partial charge in [-0.2, -0.15) is 4.98 Å². The summed E-state index contributed by atoms with van der Waals surface area (Å²) in [5, 5.41) is 18.0. The van der Waals surface area contributed by atoms with Gasteiger partial charge in [-0.3, -0.25) is 0 Å². The molecule has 22 heavy (non-hydrogen) atoms. The van der Waals surface area contributed by atoms with Crippen LogP contribution in [0.4, 0.5) is 13.6 Å². The summed E-state index contributed by atoms with van der Waals surface area (Å²) >= 11 is 0. The molecule has 0 radical (unpaired) electrons. The van der Waals surface area contributed by atoms with Crippen molar-refractivity contribution in [2.75, 3.05) is 6.54 Å². The van der Waals surface area contributed by atoms with Crippen molar-refractivity contribution < 1.29 is 23.2 Å². The molecule has 0 spiro atoms. The molecule has 1 atom stereocenters. The molecule has 0 saturated carbocycles. The predicted molar refractivity (Wildman–Crippen MR) is 70.6 cm³/mol. The van der Waals surface area contributed by atoms with Crippen LogP contribution in [-0.4, -0.2) is 27.8 Å². The monoisotopic (exact) mass is 312 g/mol. The molecular formula is C13H14F2N4O3. The fourth-order valence-corrected chi connectivity index (χ4v) is 1.76. The van der Waals surface area contributed by atoms with E-state index in [9.17, 15) is 18.7 Å². The quantitative estimate of drug-likeness (QED) is 0.770. The number of amides is 2. The fraction of sp³-hybridized carbons (Fsp3) is 0.308. The highest BCUT2D eigenvalue weighted by Gasteiger charge is 2.18. The van der Waals surface area contributed by atoms with E-state index < -0.39 is 29.3 Å². The highest BCUT2D eigenvalue weighted by atomic mass is 19.1. The maximum atomic E-state index is 13.4. The highest BCUT2D eigenvalue weighted by Crippen LogP contribution is 2.19. The molecule has 0 aliphatic carbocycles. The molecule has 0 aliphatic heterocycles. The normalized spacial score (nSPS) is 12.0. The molecule has 1 aromatic heterocycles. The number of nitrogens with zero attached hydrogens (tertiary/aromatic N) is 2. The Balaban J connectivity index is 1.83. The lowest BCUT2D eigenvalue weighted by atomic mass is 10.1. The third-order valence-electron chi connectivity index (χ3n) is 2.77. The Kier molecular flexibility index (Phi) is 4.99. The van der Waals surface area contributed by atoms with Gasteiger partial charge in [-0.15, -0.1) is 0 Å². The number of benzene rings is 1. The largest absolute Gasteiger partial charge is 0.386 e. The van der Waals surface area contributed by atoms with Crippen molar-refractivity contribution >= 4 is 6.03 Å². The maximum absolute atomic E-state index is 13.4. The molecule has 2 rings (SSSR count). The molecule has 1 aromatic carbocycles. The third-order valence-corrected chi connectivity index (χ3v) is 2.77. The SMILES string of the molecule is Cc1nc(CNC(=O)NCC(O)c2c(F)cccc2F)no1. The zero-order chi connectivity index (χ0) is 16.1. The minimum Gasteiger partial charge on any atom is -0.386 e. The second-order valence-corrected chi connectivity index (χ2v) is 4.44. The van der Waals surface area contributed by atoms with E-state index in [-0.39, 0.29) is 18.9 Å². The lowest BCUT2D eigenvalue weighted by Gasteiger charge is -2.14. The number of aryl methyl sites for hydroxylation is 1. The Morgan fingerprint density at radius 2 is 2.05 bits per heavy atom. The molecule has 1 heterocycles. The fourth-order valence-electron chi connectivity index (χ4n) is 1.76. The molecule has 1 unspecified atom stereocenters. The summed E-state index contributed by atoms with van der Waals surface area (Å²) in [5.74, 6) is -1.11. The molecule has 0 bridgehead atoms. The van der Waals surface area contributed by atoms with Crippen molar-refractivity contribution in [1.82, 2.24) is 20.8 Å². The van der Waals surface area contributed by atoms with Gasteiger partial charge in [-0.05, 0) is 12.1 Å². The molecule has 9 heteroatoms. The van der Waals surface area contributed by atoms with Crippen LogP contribution >= 0.6 is 0 Å². The number of carbonyl (C=O) groups is 1. The maximum Gasteiger partial charge on any atom is 0.315 e. The number of rotatable bonds is 5. The Bertz CT molecular complexity index is 642. The van der Waals surface area contributed by atoms with E-state index in [1.807, 2.05) is 0 Å². The molecule has 0 saturated heterocycles. The van der Waals surface area contributed by atoms with E-state index in [1.54, 1.807) is 6.92 Å². The van der Waals surface area contributed by atoms with Gasteiger partial charge in [0.25, 0.3) is 0 Å². The molecule has 0 aliphatic rings. The topological polar surface area (TPSA) is 100 Å². The van der Waals surface area contributed by atoms with Crippen molar-refractivity contribution in [3.05, 3.63) is 47.1 Å². The van der Waals surface area contributed by atoms with Crippen molar-refractivity contribution in [2.45, 2.75) is 19.6 Å². The van der Waals surface area contributed by atoms with E-state index in [1.165, 1.54) is 6.07 Å². The second kappa shape index (κ2) is 6.94. The summed E-state index contributed by atoms with van der Waals surface area (Å²) in [4.78, 5) is 15.4. The van der Waals surface area contributed by atoms with Crippen LogP contribution in [-0.2, 0) is 6.54 Å². The Hall–Kier alpha value is -2.55. The molecule has 3 N–H and O–H groups in total. The van der Waals surface area contributed by atoms with Crippen molar-refractivity contribution in [1.29, 1.82) is 0 Å². The van der Waals surface area contributed by atoms with E-state index >= 15 is 0 Å². The first kappa shape index (κ1) is 15.8. The van der Waals surface area contributed by atoms with Gasteiger partial charge in [-0.1, -0.05) is 11.2 Å². The van der Waals surface area contributed by atoms with Crippen LogP contribution < -0.4 is 10.6 Å². The predicted octanol–water partition coefficient (Wildman–Crippen LogP) is 1.19. The third kappa shape index (κ3) is 3.98. The first-order valence-electron chi connectivity index (χ1n) is 6.40. The highest BCUT2D eigenvalue weighted by molar-refractivity contribution is 5.73. The van der Waals surface area contributed by atoms with Crippen LogP contribution in [0, 0.1) is 18.6 Å². The minimum atomic E-state index is -1.50. The number of aliphatic hydroxyl groups excluding tert-OH is 1. The Morgan fingerprint density at radius 1 is 1.36 bits per heavy atom. The van der Waals surface area contributed by atoms with Crippen LogP contribution in [0.25, 0.3) is 0 Å². The van der Waals surface area contributed by atoms with Crippen LogP contribution in [0.15, 0.2) is 22.7 Å². The van der Waals surface area contributed by atoms with Crippen LogP contribution in [0.1, 0.15) is 23.4 Å². The number of nitrogens with one attached hydrogen (secondary N) is 2. The average molecular weight is 312 g/mol. The summed E-state index contributed by atoms with van der Waals surface area (Å²) in [6, 6.07) is 2.60. The molecule has 7 nitrogen and oxygen atoms in total. The first-order valence-corrected chi connectivity index (χ1v) is 6.40. The van der Waals surface area contributed by atoms with Crippen LogP contribution in [0.2, 0.25) is 0 Å². The molecule has 2 amide bonds. The minimum absolute atomic E-state index is 0.0212. The number of halogens is 2. The summed E-state index contributed by atoms with van der Waals surface area (Å²) in [5.41, 5.74) is -0.489. The van der Waals surface area contributed by atoms with Gasteiger partial charge in [0.05, 0.1) is 12.1 Å². The lowest BCUT2D eigenvalue weighted by Crippen LogP contribution is -2.37. The van der Waals surface area contributed by atoms with Gasteiger partial charge in [-0.25, -0.2) is 13.6 Å². The zero-order valence-corrected chi connectivity index (χ0v) is 11.6. The van der Waals surface area contributed by atoms with Crippen molar-refractivity contribution in [3.63, 3.8) is 0 Å². The van der Waals surface area contributed by atoms with E-state index in [0.717, 1.165) is 12.1 Å². The number of urea groups is 1. The standard InChI is InChI=1S/C13H14F2N4O3/c1-7-18-11(19-22-7)6-17-13(21)16-5-10(20)12-8(14)3-2-4-9(12)15/h2-4,10,20H,5-6H2,1H3,(H2,16,17,21). The summed E-state index contributed by atoms with van der Waals surface area (Å²) in [7, 11) is 0. The smallest absolute Gasteiger partial charge is 0.315 e. The van der Waals surface area contributed by atoms with Gasteiger partial charge in [0.2, 0.25) is 5.89 Å². The van der Waals surface area contributed by atoms with Crippen molar-refractivity contribution in [3.8, 4) is 0 Å². The zero-order valence-electron chi connectivity index (χ0n) is 11.6. The van der Waals surface area contributed by atoms with Gasteiger partial charge in [0.1, 0.15) is 17.7 Å². The van der Waals surface area contributed by atoms with E-state index in [2.05, 4.69) is 20.8 Å². The second-order valence-electron chi connectivity index (χ2n) is 4.44. The van der Waals surface area contributed by atoms with E-state index in [4.69, 9.17) is 4.52 Å². The number of carbonyl (C=O) groups excluding carboxylic acids is 1. The average Bonchev–Trinajstić information content (AvgIpc) is 2.88.